The molecule has 0 fully saturated rings. The first kappa shape index (κ1) is 22.2. The van der Waals surface area contributed by atoms with Crippen molar-refractivity contribution in [3.05, 3.63) is 128 Å². The lowest BCUT2D eigenvalue weighted by Crippen LogP contribution is -2.11. The molecule has 0 saturated carbocycles. The molecule has 9 rings (SSSR count). The zero-order chi connectivity index (χ0) is 26.9. The highest BCUT2D eigenvalue weighted by atomic mass is 16.3. The highest BCUT2D eigenvalue weighted by molar-refractivity contribution is 6.09. The lowest BCUT2D eigenvalue weighted by atomic mass is 10.0. The molecule has 4 aromatic heterocycles. The second-order valence-electron chi connectivity index (χ2n) is 10.3. The lowest BCUT2D eigenvalue weighted by molar-refractivity contribution is 0.654. The molecule has 0 saturated heterocycles. The Hall–Kier alpha value is -5.68. The van der Waals surface area contributed by atoms with Crippen LogP contribution in [-0.4, -0.2) is 9.97 Å². The van der Waals surface area contributed by atoms with Crippen LogP contribution in [0.5, 0.6) is 0 Å². The Morgan fingerprint density at radius 3 is 2.17 bits per heavy atom. The van der Waals surface area contributed by atoms with E-state index in [-0.39, 0.29) is 0 Å². The standard InChI is InChI=1S/C36H21N3O2/c1-2-7-26-22(6-1)11-12-23-20-24(13-15-27(23)26)39(25-14-16-30-33(21-25)40-32-10-5-19-37-35(30)32)34-18-17-29-28-8-3-4-9-31(28)41-36(29)38-34/h1-21H. The number of anilines is 3. The Balaban J connectivity index is 1.28. The Kier molecular flexibility index (Phi) is 4.55. The van der Waals surface area contributed by atoms with Crippen LogP contribution in [0.3, 0.4) is 0 Å². The molecule has 0 aliphatic heterocycles. The van der Waals surface area contributed by atoms with Gasteiger partial charge in [0.25, 0.3) is 0 Å². The number of aromatic nitrogens is 2. The highest BCUT2D eigenvalue weighted by Gasteiger charge is 2.19. The molecule has 0 spiro atoms. The van der Waals surface area contributed by atoms with E-state index in [1.54, 1.807) is 6.20 Å². The second-order valence-corrected chi connectivity index (χ2v) is 10.3. The van der Waals surface area contributed by atoms with E-state index in [9.17, 15) is 0 Å². The third-order valence-electron chi connectivity index (χ3n) is 7.91. The van der Waals surface area contributed by atoms with Gasteiger partial charge in [0, 0.05) is 34.1 Å². The SMILES string of the molecule is c1ccc2c(c1)ccc1cc(N(c3ccc4c(c3)oc3cccnc34)c3ccc4c(n3)oc3ccccc34)ccc12. The highest BCUT2D eigenvalue weighted by Crippen LogP contribution is 2.40. The summed E-state index contributed by atoms with van der Waals surface area (Å²) >= 11 is 0. The summed E-state index contributed by atoms with van der Waals surface area (Å²) in [6.07, 6.45) is 1.79. The first-order chi connectivity index (χ1) is 20.3. The third kappa shape index (κ3) is 3.36. The van der Waals surface area contributed by atoms with Gasteiger partial charge in [-0.2, -0.15) is 4.98 Å². The Morgan fingerprint density at radius 1 is 0.488 bits per heavy atom. The molecule has 0 amide bonds. The molecule has 0 unspecified atom stereocenters. The van der Waals surface area contributed by atoms with Crippen molar-refractivity contribution in [2.45, 2.75) is 0 Å². The van der Waals surface area contributed by atoms with Gasteiger partial charge >= 0.3 is 0 Å². The van der Waals surface area contributed by atoms with Crippen LogP contribution in [0.4, 0.5) is 17.2 Å². The number of furan rings is 2. The molecular weight excluding hydrogens is 506 g/mol. The number of para-hydroxylation sites is 1. The summed E-state index contributed by atoms with van der Waals surface area (Å²) in [6, 6.07) is 41.7. The summed E-state index contributed by atoms with van der Waals surface area (Å²) in [4.78, 5) is 11.7. The smallest absolute Gasteiger partial charge is 0.229 e. The van der Waals surface area contributed by atoms with Gasteiger partial charge < -0.3 is 8.83 Å². The fourth-order valence-electron chi connectivity index (χ4n) is 6.00. The second kappa shape index (κ2) is 8.41. The quantitative estimate of drug-likeness (QED) is 0.214. The minimum Gasteiger partial charge on any atom is -0.454 e. The molecule has 5 heteroatoms. The molecular formula is C36H21N3O2. The van der Waals surface area contributed by atoms with Crippen molar-refractivity contribution in [3.63, 3.8) is 0 Å². The molecule has 5 nitrogen and oxygen atoms in total. The topological polar surface area (TPSA) is 55.3 Å². The number of benzene rings is 5. The molecule has 192 valence electrons. The first-order valence-corrected chi connectivity index (χ1v) is 13.6. The van der Waals surface area contributed by atoms with E-state index >= 15 is 0 Å². The Morgan fingerprint density at radius 2 is 1.22 bits per heavy atom. The third-order valence-corrected chi connectivity index (χ3v) is 7.91. The van der Waals surface area contributed by atoms with Gasteiger partial charge in [-0.1, -0.05) is 60.7 Å². The van der Waals surface area contributed by atoms with Crippen LogP contribution in [0.1, 0.15) is 0 Å². The van der Waals surface area contributed by atoms with Gasteiger partial charge in [0.1, 0.15) is 22.5 Å². The number of nitrogens with zero attached hydrogens (tertiary/aromatic N) is 3. The van der Waals surface area contributed by atoms with Crippen LogP contribution >= 0.6 is 0 Å². The van der Waals surface area contributed by atoms with Crippen molar-refractivity contribution in [1.82, 2.24) is 9.97 Å². The first-order valence-electron chi connectivity index (χ1n) is 13.6. The molecule has 0 bridgehead atoms. The van der Waals surface area contributed by atoms with E-state index in [4.69, 9.17) is 13.8 Å². The van der Waals surface area contributed by atoms with Gasteiger partial charge in [-0.3, -0.25) is 9.88 Å². The maximum Gasteiger partial charge on any atom is 0.229 e. The van der Waals surface area contributed by atoms with Gasteiger partial charge in [0.2, 0.25) is 5.71 Å². The fraction of sp³-hybridized carbons (Fsp3) is 0. The summed E-state index contributed by atoms with van der Waals surface area (Å²) in [5.41, 5.74) is 5.76. The summed E-state index contributed by atoms with van der Waals surface area (Å²) in [5, 5.41) is 7.87. The zero-order valence-electron chi connectivity index (χ0n) is 21.8. The summed E-state index contributed by atoms with van der Waals surface area (Å²) in [6.45, 7) is 0. The molecule has 4 heterocycles. The fourth-order valence-corrected chi connectivity index (χ4v) is 6.00. The van der Waals surface area contributed by atoms with Crippen LogP contribution in [0.15, 0.2) is 136 Å². The van der Waals surface area contributed by atoms with Crippen molar-refractivity contribution >= 4 is 82.9 Å². The van der Waals surface area contributed by atoms with Gasteiger partial charge in [-0.25, -0.2) is 0 Å². The molecule has 0 atom stereocenters. The molecule has 0 aliphatic rings. The van der Waals surface area contributed by atoms with Crippen molar-refractivity contribution < 1.29 is 8.83 Å². The van der Waals surface area contributed by atoms with Crippen molar-refractivity contribution in [2.75, 3.05) is 4.90 Å². The lowest BCUT2D eigenvalue weighted by Gasteiger charge is -2.24. The van der Waals surface area contributed by atoms with Gasteiger partial charge in [-0.05, 0) is 76.1 Å². The molecule has 9 aromatic rings. The summed E-state index contributed by atoms with van der Waals surface area (Å²) in [7, 11) is 0. The minimum absolute atomic E-state index is 0.606. The summed E-state index contributed by atoms with van der Waals surface area (Å²) in [5.74, 6) is 0.755. The number of hydrogen-bond donors (Lipinski definition) is 0. The average Bonchev–Trinajstić information content (AvgIpc) is 3.58. The predicted octanol–water partition coefficient (Wildman–Crippen LogP) is 10.1. The van der Waals surface area contributed by atoms with Crippen molar-refractivity contribution in [2.24, 2.45) is 0 Å². The molecule has 0 N–H and O–H groups in total. The monoisotopic (exact) mass is 527 g/mol. The van der Waals surface area contributed by atoms with Gasteiger partial charge in [0.15, 0.2) is 5.58 Å². The normalized spacial score (nSPS) is 11.9. The van der Waals surface area contributed by atoms with Gasteiger partial charge in [0.05, 0.1) is 5.69 Å². The van der Waals surface area contributed by atoms with Crippen LogP contribution in [-0.2, 0) is 0 Å². The minimum atomic E-state index is 0.606. The van der Waals surface area contributed by atoms with E-state index in [1.165, 1.54) is 16.2 Å². The number of rotatable bonds is 3. The van der Waals surface area contributed by atoms with Crippen molar-refractivity contribution in [3.8, 4) is 0 Å². The number of hydrogen-bond acceptors (Lipinski definition) is 5. The maximum atomic E-state index is 6.22. The van der Waals surface area contributed by atoms with Crippen LogP contribution in [0, 0.1) is 0 Å². The van der Waals surface area contributed by atoms with E-state index < -0.39 is 0 Å². The van der Waals surface area contributed by atoms with Crippen LogP contribution in [0.2, 0.25) is 0 Å². The molecule has 0 aliphatic carbocycles. The number of fused-ring (bicyclic) bond motifs is 9. The molecule has 5 aromatic carbocycles. The predicted molar refractivity (Wildman–Crippen MR) is 166 cm³/mol. The largest absolute Gasteiger partial charge is 0.454 e. The van der Waals surface area contributed by atoms with Crippen molar-refractivity contribution in [1.29, 1.82) is 0 Å². The van der Waals surface area contributed by atoms with E-state index in [0.29, 0.717) is 5.71 Å². The van der Waals surface area contributed by atoms with E-state index in [2.05, 4.69) is 101 Å². The van der Waals surface area contributed by atoms with E-state index in [0.717, 1.165) is 61.0 Å². The molecule has 41 heavy (non-hydrogen) atoms. The summed E-state index contributed by atoms with van der Waals surface area (Å²) < 4.78 is 12.4. The van der Waals surface area contributed by atoms with E-state index in [1.807, 2.05) is 30.3 Å². The van der Waals surface area contributed by atoms with Gasteiger partial charge in [-0.15, -0.1) is 0 Å². The number of pyridine rings is 2. The maximum absolute atomic E-state index is 6.22. The Bertz CT molecular complexity index is 2340. The average molecular weight is 528 g/mol. The van der Waals surface area contributed by atoms with Crippen LogP contribution in [0.25, 0.3) is 65.7 Å². The zero-order valence-corrected chi connectivity index (χ0v) is 21.8. The Labute approximate surface area is 233 Å². The van der Waals surface area contributed by atoms with Crippen LogP contribution < -0.4 is 4.90 Å². The molecule has 0 radical (unpaired) electrons.